The molecule has 2 atom stereocenters. The van der Waals surface area contributed by atoms with Gasteiger partial charge in [-0.3, -0.25) is 19.5 Å². The number of nitrogens with one attached hydrogen (secondary N) is 1. The van der Waals surface area contributed by atoms with E-state index in [1.807, 2.05) is 38.3 Å². The molecule has 0 unspecified atom stereocenters. The maximum absolute atomic E-state index is 14.4. The number of piperazine rings is 1. The lowest BCUT2D eigenvalue weighted by molar-refractivity contribution is -0.162. The number of fused-ring (bicyclic) bond motifs is 3. The van der Waals surface area contributed by atoms with Gasteiger partial charge in [0.15, 0.2) is 0 Å². The van der Waals surface area contributed by atoms with Crippen LogP contribution in [0.25, 0.3) is 6.08 Å². The Morgan fingerprint density at radius 3 is 2.57 bits per heavy atom. The van der Waals surface area contributed by atoms with E-state index in [1.165, 1.54) is 12.1 Å². The minimum absolute atomic E-state index is 0.000824. The number of anilines is 1. The van der Waals surface area contributed by atoms with E-state index in [0.29, 0.717) is 30.8 Å². The van der Waals surface area contributed by atoms with Crippen molar-refractivity contribution < 1.29 is 18.4 Å². The van der Waals surface area contributed by atoms with Crippen LogP contribution >= 0.6 is 0 Å². The fourth-order valence-corrected chi connectivity index (χ4v) is 7.81. The average molecular weight is 569 g/mol. The predicted octanol–water partition coefficient (Wildman–Crippen LogP) is 4.76. The van der Waals surface area contributed by atoms with Crippen molar-refractivity contribution in [2.24, 2.45) is 0 Å². The Bertz CT molecular complexity index is 1630. The minimum atomic E-state index is -0.924. The Kier molecular flexibility index (Phi) is 6.10. The normalized spacial score (nSPS) is 26.4. The van der Waals surface area contributed by atoms with Gasteiger partial charge >= 0.3 is 0 Å². The van der Waals surface area contributed by atoms with Gasteiger partial charge in [0.25, 0.3) is 0 Å². The van der Waals surface area contributed by atoms with Gasteiger partial charge in [0.2, 0.25) is 11.8 Å². The molecule has 1 saturated carbocycles. The third-order valence-electron chi connectivity index (χ3n) is 10.1. The van der Waals surface area contributed by atoms with E-state index in [-0.39, 0.29) is 18.4 Å². The molecule has 4 heterocycles. The molecule has 42 heavy (non-hydrogen) atoms. The summed E-state index contributed by atoms with van der Waals surface area (Å²) >= 11 is 0. The monoisotopic (exact) mass is 568 g/mol. The van der Waals surface area contributed by atoms with E-state index in [9.17, 15) is 18.4 Å². The number of hydrogen-bond acceptors (Lipinski definition) is 5. The van der Waals surface area contributed by atoms with E-state index < -0.39 is 28.1 Å². The summed E-state index contributed by atoms with van der Waals surface area (Å²) < 4.78 is 28.7. The number of carbonyl (C=O) groups excluding carboxylic acids is 2. The van der Waals surface area contributed by atoms with Crippen molar-refractivity contribution in [2.75, 3.05) is 25.5 Å². The number of likely N-dealkylation sites (N-methyl/N-ethyl adjacent to an activating group) is 1. The predicted molar refractivity (Wildman–Crippen MR) is 154 cm³/mol. The Morgan fingerprint density at radius 2 is 1.81 bits per heavy atom. The molecule has 0 bridgehead atoms. The van der Waals surface area contributed by atoms with Gasteiger partial charge in [-0.15, -0.1) is 0 Å². The quantitative estimate of drug-likeness (QED) is 0.491. The first-order valence-corrected chi connectivity index (χ1v) is 14.6. The van der Waals surface area contributed by atoms with Crippen molar-refractivity contribution in [1.29, 1.82) is 0 Å². The Hall–Kier alpha value is -3.98. The van der Waals surface area contributed by atoms with Gasteiger partial charge in [0, 0.05) is 49.2 Å². The number of aromatic nitrogens is 2. The lowest BCUT2D eigenvalue weighted by Gasteiger charge is -2.55. The largest absolute Gasteiger partial charge is 0.327 e. The van der Waals surface area contributed by atoms with Crippen LogP contribution in [0.1, 0.15) is 60.6 Å². The first-order chi connectivity index (χ1) is 20.1. The highest BCUT2D eigenvalue weighted by Crippen LogP contribution is 2.47. The number of nitrogens with zero attached hydrogens (tertiary/aromatic N) is 4. The lowest BCUT2D eigenvalue weighted by Crippen LogP contribution is -2.70. The van der Waals surface area contributed by atoms with Crippen molar-refractivity contribution in [3.8, 4) is 0 Å². The zero-order chi connectivity index (χ0) is 29.3. The van der Waals surface area contributed by atoms with Crippen molar-refractivity contribution in [3.63, 3.8) is 0 Å². The standard InChI is InChI=1S/C33H33F2N5O2/c1-31(23-14-24(34)16-25(35)15-23)20-39(2)33(9-3-4-10-33)30(42)40(31)12-6-7-21-13-22-17-32(18-27(22)37-19-21)26-8-5-11-36-28(26)38-29(32)41/h5-8,11,13-16,19H,3-4,9-10,12,17-18,20H2,1-2H3,(H,36,38,41)/t31-,32-/m0/s1/i2-1. The summed E-state index contributed by atoms with van der Waals surface area (Å²) in [6.07, 6.45) is 11.9. The van der Waals surface area contributed by atoms with Crippen LogP contribution in [0.5, 0.6) is 0 Å². The molecule has 7 rings (SSSR count). The van der Waals surface area contributed by atoms with E-state index in [4.69, 9.17) is 4.98 Å². The fraction of sp³-hybridized carbons (Fsp3) is 0.394. The number of pyridine rings is 2. The van der Waals surface area contributed by atoms with Crippen LogP contribution in [-0.2, 0) is 33.4 Å². The molecule has 4 aliphatic rings. The molecule has 1 N–H and O–H groups in total. The second-order valence-electron chi connectivity index (χ2n) is 12.5. The third-order valence-corrected chi connectivity index (χ3v) is 10.1. The number of rotatable bonds is 4. The van der Waals surface area contributed by atoms with Gasteiger partial charge in [-0.1, -0.05) is 31.1 Å². The molecule has 2 amide bonds. The van der Waals surface area contributed by atoms with Crippen LogP contribution < -0.4 is 5.32 Å². The summed E-state index contributed by atoms with van der Waals surface area (Å²) in [6.45, 7) is 2.64. The minimum Gasteiger partial charge on any atom is -0.327 e. The van der Waals surface area contributed by atoms with E-state index in [1.54, 1.807) is 17.3 Å². The molecule has 216 valence electrons. The van der Waals surface area contributed by atoms with Crippen molar-refractivity contribution in [1.82, 2.24) is 19.8 Å². The van der Waals surface area contributed by atoms with Crippen molar-refractivity contribution >= 4 is 23.7 Å². The molecule has 2 aliphatic carbocycles. The van der Waals surface area contributed by atoms with Crippen molar-refractivity contribution in [3.05, 3.63) is 94.5 Å². The molecule has 9 heteroatoms. The molecule has 2 aromatic heterocycles. The molecular formula is C33H33F2N5O2. The van der Waals surface area contributed by atoms with E-state index >= 15 is 0 Å². The molecule has 3 aromatic rings. The number of benzene rings is 1. The first kappa shape index (κ1) is 26.9. The van der Waals surface area contributed by atoms with Crippen LogP contribution in [0.15, 0.2) is 54.9 Å². The SMILES string of the molecule is C[C@@]1(c2cc(F)cc(F)c2)CN([11CH3])C2(CCCC2)C(=O)N1CC=Cc1cnc2c(c1)C[C@@]1(C2)C(=O)Nc2ncccc21. The Labute approximate surface area is 243 Å². The van der Waals surface area contributed by atoms with Gasteiger partial charge in [0.1, 0.15) is 23.0 Å². The molecule has 7 nitrogen and oxygen atoms in total. The van der Waals surface area contributed by atoms with Crippen LogP contribution in [0, 0.1) is 11.6 Å². The molecule has 2 spiro atoms. The summed E-state index contributed by atoms with van der Waals surface area (Å²) in [5.74, 6) is -0.745. The summed E-state index contributed by atoms with van der Waals surface area (Å²) in [6, 6.07) is 9.40. The third kappa shape index (κ3) is 3.93. The topological polar surface area (TPSA) is 78.4 Å². The summed E-state index contributed by atoms with van der Waals surface area (Å²) in [5.41, 5.74) is 1.93. The number of carbonyl (C=O) groups is 2. The highest BCUT2D eigenvalue weighted by molar-refractivity contribution is 6.06. The zero-order valence-electron chi connectivity index (χ0n) is 23.8. The number of hydrogen-bond donors (Lipinski definition) is 1. The second-order valence-corrected chi connectivity index (χ2v) is 12.5. The van der Waals surface area contributed by atoms with Gasteiger partial charge in [0.05, 0.1) is 11.0 Å². The van der Waals surface area contributed by atoms with Gasteiger partial charge in [-0.25, -0.2) is 13.8 Å². The van der Waals surface area contributed by atoms with E-state index in [0.717, 1.165) is 54.1 Å². The molecule has 0 radical (unpaired) electrons. The van der Waals surface area contributed by atoms with Crippen LogP contribution in [0.3, 0.4) is 0 Å². The summed E-state index contributed by atoms with van der Waals surface area (Å²) in [7, 11) is 1.95. The van der Waals surface area contributed by atoms with Gasteiger partial charge in [-0.2, -0.15) is 0 Å². The maximum atomic E-state index is 14.4. The molecular weight excluding hydrogens is 535 g/mol. The Morgan fingerprint density at radius 1 is 1.05 bits per heavy atom. The maximum Gasteiger partial charge on any atom is 0.244 e. The van der Waals surface area contributed by atoms with Crippen molar-refractivity contribution in [2.45, 2.75) is 61.9 Å². The summed E-state index contributed by atoms with van der Waals surface area (Å²) in [4.78, 5) is 40.2. The van der Waals surface area contributed by atoms with Crippen LogP contribution in [-0.4, -0.2) is 57.3 Å². The first-order valence-electron chi connectivity index (χ1n) is 14.6. The molecule has 1 aromatic carbocycles. The van der Waals surface area contributed by atoms with Crippen LogP contribution in [0.2, 0.25) is 0 Å². The number of amides is 2. The molecule has 1 saturated heterocycles. The number of halogens is 2. The average Bonchev–Trinajstić information content (AvgIpc) is 3.66. The van der Waals surface area contributed by atoms with E-state index in [2.05, 4.69) is 21.3 Å². The second kappa shape index (κ2) is 9.52. The molecule has 2 fully saturated rings. The zero-order valence-corrected chi connectivity index (χ0v) is 23.8. The fourth-order valence-electron chi connectivity index (χ4n) is 7.81. The summed E-state index contributed by atoms with van der Waals surface area (Å²) in [5, 5.41) is 2.93. The Balaban J connectivity index is 1.17. The molecule has 2 aliphatic heterocycles. The smallest absolute Gasteiger partial charge is 0.244 e. The van der Waals surface area contributed by atoms with Gasteiger partial charge < -0.3 is 10.2 Å². The highest BCUT2D eigenvalue weighted by Gasteiger charge is 2.56. The highest BCUT2D eigenvalue weighted by atomic mass is 19.1. The van der Waals surface area contributed by atoms with Gasteiger partial charge in [-0.05, 0) is 74.2 Å². The van der Waals surface area contributed by atoms with Crippen LogP contribution in [0.4, 0.5) is 14.6 Å². The lowest BCUT2D eigenvalue weighted by atomic mass is 9.78.